The van der Waals surface area contributed by atoms with Crippen LogP contribution in [0.1, 0.15) is 5.56 Å². The summed E-state index contributed by atoms with van der Waals surface area (Å²) in [6, 6.07) is 7.51. The van der Waals surface area contributed by atoms with E-state index in [1.54, 1.807) is 6.07 Å². The molecule has 104 valence electrons. The summed E-state index contributed by atoms with van der Waals surface area (Å²) in [5.41, 5.74) is 0.348. The number of non-ortho nitro benzene ring substituents is 1. The highest BCUT2D eigenvalue weighted by molar-refractivity contribution is 6.30. The second-order valence-corrected chi connectivity index (χ2v) is 4.43. The first kappa shape index (κ1) is 14.2. The highest BCUT2D eigenvalue weighted by atomic mass is 35.5. The third kappa shape index (κ3) is 3.21. The molecule has 4 nitrogen and oxygen atoms in total. The Morgan fingerprint density at radius 1 is 1.15 bits per heavy atom. The van der Waals surface area contributed by atoms with Crippen molar-refractivity contribution in [3.8, 4) is 0 Å². The van der Waals surface area contributed by atoms with Gasteiger partial charge in [-0.05, 0) is 23.8 Å². The van der Waals surface area contributed by atoms with Gasteiger partial charge in [-0.1, -0.05) is 17.7 Å². The van der Waals surface area contributed by atoms with Crippen LogP contribution in [-0.2, 0) is 6.54 Å². The Kier molecular flexibility index (Phi) is 4.14. The molecule has 0 aromatic heterocycles. The normalized spacial score (nSPS) is 10.3. The zero-order valence-corrected chi connectivity index (χ0v) is 10.8. The molecule has 0 amide bonds. The Bertz CT molecular complexity index is 665. The van der Waals surface area contributed by atoms with E-state index in [1.807, 2.05) is 0 Å². The van der Waals surface area contributed by atoms with Crippen LogP contribution < -0.4 is 5.32 Å². The molecule has 0 saturated heterocycles. The van der Waals surface area contributed by atoms with E-state index in [0.717, 1.165) is 6.07 Å². The van der Waals surface area contributed by atoms with Crippen LogP contribution in [0, 0.1) is 21.7 Å². The molecule has 0 aliphatic rings. The summed E-state index contributed by atoms with van der Waals surface area (Å²) in [6.07, 6.45) is 0. The van der Waals surface area contributed by atoms with Crippen LogP contribution in [0.15, 0.2) is 36.4 Å². The van der Waals surface area contributed by atoms with Gasteiger partial charge in [0.15, 0.2) is 5.82 Å². The molecule has 0 spiro atoms. The smallest absolute Gasteiger partial charge is 0.272 e. The molecule has 0 fully saturated rings. The summed E-state index contributed by atoms with van der Waals surface area (Å²) in [6.45, 7) is 0.169. The van der Waals surface area contributed by atoms with Crippen LogP contribution in [0.4, 0.5) is 20.2 Å². The van der Waals surface area contributed by atoms with E-state index in [1.165, 1.54) is 24.3 Å². The maximum atomic E-state index is 13.6. The van der Waals surface area contributed by atoms with Crippen LogP contribution in [0.3, 0.4) is 0 Å². The van der Waals surface area contributed by atoms with Gasteiger partial charge in [0.2, 0.25) is 0 Å². The lowest BCUT2D eigenvalue weighted by Crippen LogP contribution is -2.02. The molecule has 2 aromatic rings. The number of benzene rings is 2. The van der Waals surface area contributed by atoms with Crippen LogP contribution in [0.2, 0.25) is 5.02 Å². The lowest BCUT2D eigenvalue weighted by Gasteiger charge is -2.08. The third-order valence-corrected chi connectivity index (χ3v) is 2.94. The lowest BCUT2D eigenvalue weighted by molar-refractivity contribution is -0.385. The molecule has 2 aromatic carbocycles. The predicted molar refractivity (Wildman–Crippen MR) is 71.8 cm³/mol. The molecule has 0 aliphatic heterocycles. The van der Waals surface area contributed by atoms with Gasteiger partial charge in [0.25, 0.3) is 5.69 Å². The first-order valence-corrected chi connectivity index (χ1v) is 5.97. The Morgan fingerprint density at radius 3 is 2.50 bits per heavy atom. The van der Waals surface area contributed by atoms with Gasteiger partial charge in [0, 0.05) is 12.6 Å². The van der Waals surface area contributed by atoms with Crippen molar-refractivity contribution in [2.75, 3.05) is 5.32 Å². The van der Waals surface area contributed by atoms with Crippen molar-refractivity contribution in [2.24, 2.45) is 0 Å². The highest BCUT2D eigenvalue weighted by Gasteiger charge is 2.10. The molecule has 7 heteroatoms. The molecule has 0 heterocycles. The van der Waals surface area contributed by atoms with E-state index >= 15 is 0 Å². The van der Waals surface area contributed by atoms with Gasteiger partial charge in [-0.25, -0.2) is 8.78 Å². The topological polar surface area (TPSA) is 55.2 Å². The largest absolute Gasteiger partial charge is 0.379 e. The Morgan fingerprint density at radius 2 is 1.90 bits per heavy atom. The van der Waals surface area contributed by atoms with Gasteiger partial charge in [0.05, 0.1) is 21.7 Å². The fourth-order valence-electron chi connectivity index (χ4n) is 1.61. The van der Waals surface area contributed by atoms with Crippen molar-refractivity contribution in [1.82, 2.24) is 0 Å². The van der Waals surface area contributed by atoms with Gasteiger partial charge in [0.1, 0.15) is 5.82 Å². The Labute approximate surface area is 118 Å². The average Bonchev–Trinajstić information content (AvgIpc) is 2.41. The van der Waals surface area contributed by atoms with Gasteiger partial charge in [-0.2, -0.15) is 0 Å². The molecular weight excluding hydrogens is 290 g/mol. The minimum atomic E-state index is -0.742. The number of hydrogen-bond acceptors (Lipinski definition) is 3. The summed E-state index contributed by atoms with van der Waals surface area (Å²) in [5, 5.41) is 13.2. The maximum absolute atomic E-state index is 13.6. The van der Waals surface area contributed by atoms with Gasteiger partial charge >= 0.3 is 0 Å². The number of anilines is 1. The van der Waals surface area contributed by atoms with E-state index < -0.39 is 16.6 Å². The van der Waals surface area contributed by atoms with Gasteiger partial charge in [-0.15, -0.1) is 0 Å². The number of hydrogen-bond donors (Lipinski definition) is 1. The summed E-state index contributed by atoms with van der Waals surface area (Å²) >= 11 is 5.55. The van der Waals surface area contributed by atoms with E-state index in [2.05, 4.69) is 5.32 Å². The van der Waals surface area contributed by atoms with E-state index in [0.29, 0.717) is 5.56 Å². The van der Waals surface area contributed by atoms with Crippen LogP contribution >= 0.6 is 11.6 Å². The highest BCUT2D eigenvalue weighted by Crippen LogP contribution is 2.22. The minimum Gasteiger partial charge on any atom is -0.379 e. The fraction of sp³-hybridized carbons (Fsp3) is 0.0769. The Hall–Kier alpha value is -2.21. The standard InChI is InChI=1S/C13H9ClF2N2O2/c14-10-3-1-8(5-11(10)15)7-17-13-4-2-9(18(19)20)6-12(13)16/h1-6,17H,7H2. The van der Waals surface area contributed by atoms with Crippen molar-refractivity contribution in [3.63, 3.8) is 0 Å². The summed E-state index contributed by atoms with van der Waals surface area (Å²) < 4.78 is 26.8. The molecule has 0 aliphatic carbocycles. The number of nitro groups is 1. The van der Waals surface area contributed by atoms with Crippen molar-refractivity contribution < 1.29 is 13.7 Å². The summed E-state index contributed by atoms with van der Waals surface area (Å²) in [7, 11) is 0. The van der Waals surface area contributed by atoms with Gasteiger partial charge < -0.3 is 5.32 Å². The first-order valence-electron chi connectivity index (χ1n) is 5.59. The predicted octanol–water partition coefficient (Wildman–Crippen LogP) is 4.14. The number of nitrogens with zero attached hydrogens (tertiary/aromatic N) is 1. The van der Waals surface area contributed by atoms with Crippen molar-refractivity contribution in [2.45, 2.75) is 6.54 Å². The van der Waals surface area contributed by atoms with Crippen molar-refractivity contribution in [3.05, 3.63) is 68.7 Å². The van der Waals surface area contributed by atoms with Crippen molar-refractivity contribution >= 4 is 23.0 Å². The van der Waals surface area contributed by atoms with E-state index in [-0.39, 0.29) is 22.9 Å². The number of nitrogens with one attached hydrogen (secondary N) is 1. The lowest BCUT2D eigenvalue weighted by atomic mass is 10.2. The van der Waals surface area contributed by atoms with Gasteiger partial charge in [-0.3, -0.25) is 10.1 Å². The fourth-order valence-corrected chi connectivity index (χ4v) is 1.73. The maximum Gasteiger partial charge on any atom is 0.272 e. The van der Waals surface area contributed by atoms with Crippen LogP contribution in [-0.4, -0.2) is 4.92 Å². The quantitative estimate of drug-likeness (QED) is 0.682. The average molecular weight is 299 g/mol. The van der Waals surface area contributed by atoms with Crippen molar-refractivity contribution in [1.29, 1.82) is 0 Å². The molecule has 0 bridgehead atoms. The second-order valence-electron chi connectivity index (χ2n) is 4.02. The monoisotopic (exact) mass is 298 g/mol. The molecule has 0 saturated carbocycles. The molecular formula is C13H9ClF2N2O2. The minimum absolute atomic E-state index is 0.00951. The molecule has 0 radical (unpaired) electrons. The third-order valence-electron chi connectivity index (χ3n) is 2.63. The van der Waals surface area contributed by atoms with Crippen LogP contribution in [0.5, 0.6) is 0 Å². The number of halogens is 3. The molecule has 0 atom stereocenters. The summed E-state index contributed by atoms with van der Waals surface area (Å²) in [5.74, 6) is -1.30. The first-order chi connectivity index (χ1) is 9.47. The number of rotatable bonds is 4. The molecule has 0 unspecified atom stereocenters. The zero-order chi connectivity index (χ0) is 14.7. The van der Waals surface area contributed by atoms with E-state index in [4.69, 9.17) is 11.6 Å². The molecule has 20 heavy (non-hydrogen) atoms. The van der Waals surface area contributed by atoms with E-state index in [9.17, 15) is 18.9 Å². The summed E-state index contributed by atoms with van der Waals surface area (Å²) in [4.78, 5) is 9.80. The SMILES string of the molecule is O=[N+]([O-])c1ccc(NCc2ccc(Cl)c(F)c2)c(F)c1. The molecule has 1 N–H and O–H groups in total. The molecule has 2 rings (SSSR count). The second kappa shape index (κ2) is 5.83. The van der Waals surface area contributed by atoms with Crippen LogP contribution in [0.25, 0.3) is 0 Å². The number of nitro benzene ring substituents is 1. The zero-order valence-electron chi connectivity index (χ0n) is 10.1. The Balaban J connectivity index is 2.10.